The van der Waals surface area contributed by atoms with Crippen molar-refractivity contribution in [2.45, 2.75) is 12.8 Å². The molecule has 0 saturated carbocycles. The molecule has 2 aromatic heterocycles. The van der Waals surface area contributed by atoms with Crippen LogP contribution in [0.2, 0.25) is 0 Å². The van der Waals surface area contributed by atoms with Crippen LogP contribution >= 0.6 is 0 Å². The molecule has 2 heterocycles. The third-order valence-corrected chi connectivity index (χ3v) is 2.24. The summed E-state index contributed by atoms with van der Waals surface area (Å²) in [7, 11) is 0. The van der Waals surface area contributed by atoms with Crippen molar-refractivity contribution >= 4 is 5.69 Å². The quantitative estimate of drug-likeness (QED) is 0.787. The molecule has 0 fully saturated rings. The first-order chi connectivity index (χ1) is 8.34. The smallest absolute Gasteiger partial charge is 0.316 e. The number of ether oxygens (including phenoxy) is 1. The van der Waals surface area contributed by atoms with Crippen molar-refractivity contribution in [3.05, 3.63) is 42.5 Å². The SMILES string of the molecule is Nc1cnc(OCCCc2ccncc2)nc1. The molecular weight excluding hydrogens is 216 g/mol. The summed E-state index contributed by atoms with van der Waals surface area (Å²) in [6.07, 6.45) is 8.52. The van der Waals surface area contributed by atoms with Crippen molar-refractivity contribution < 1.29 is 4.74 Å². The van der Waals surface area contributed by atoms with E-state index in [1.54, 1.807) is 12.4 Å². The monoisotopic (exact) mass is 230 g/mol. The van der Waals surface area contributed by atoms with Gasteiger partial charge in [0, 0.05) is 12.4 Å². The summed E-state index contributed by atoms with van der Waals surface area (Å²) in [5.74, 6) is 0. The number of hydrogen-bond donors (Lipinski definition) is 1. The zero-order valence-electron chi connectivity index (χ0n) is 9.41. The second kappa shape index (κ2) is 5.79. The van der Waals surface area contributed by atoms with Crippen LogP contribution in [-0.4, -0.2) is 21.6 Å². The van der Waals surface area contributed by atoms with E-state index >= 15 is 0 Å². The number of nitrogen functional groups attached to an aromatic ring is 1. The van der Waals surface area contributed by atoms with Gasteiger partial charge in [0.2, 0.25) is 0 Å². The third-order valence-electron chi connectivity index (χ3n) is 2.24. The molecule has 88 valence electrons. The lowest BCUT2D eigenvalue weighted by molar-refractivity contribution is 0.287. The number of aryl methyl sites for hydroxylation is 1. The van der Waals surface area contributed by atoms with Crippen LogP contribution in [0.3, 0.4) is 0 Å². The standard InChI is InChI=1S/C12H14N4O/c13-11-8-15-12(16-9-11)17-7-1-2-10-3-5-14-6-4-10/h3-6,8-9H,1-2,7,13H2. The van der Waals surface area contributed by atoms with Gasteiger partial charge in [-0.15, -0.1) is 0 Å². The van der Waals surface area contributed by atoms with Gasteiger partial charge in [-0.3, -0.25) is 4.98 Å². The highest BCUT2D eigenvalue weighted by Gasteiger charge is 1.97. The lowest BCUT2D eigenvalue weighted by Crippen LogP contribution is -2.03. The number of anilines is 1. The first-order valence-electron chi connectivity index (χ1n) is 5.44. The number of rotatable bonds is 5. The fourth-order valence-corrected chi connectivity index (χ4v) is 1.39. The molecule has 0 spiro atoms. The minimum absolute atomic E-state index is 0.369. The molecule has 0 amide bonds. The first kappa shape index (κ1) is 11.3. The van der Waals surface area contributed by atoms with E-state index in [1.807, 2.05) is 12.1 Å². The van der Waals surface area contributed by atoms with Crippen LogP contribution in [0.4, 0.5) is 5.69 Å². The number of nitrogens with two attached hydrogens (primary N) is 1. The highest BCUT2D eigenvalue weighted by atomic mass is 16.5. The molecule has 2 rings (SSSR count). The molecule has 5 nitrogen and oxygen atoms in total. The highest BCUT2D eigenvalue weighted by Crippen LogP contribution is 2.05. The molecule has 0 aliphatic rings. The highest BCUT2D eigenvalue weighted by molar-refractivity contribution is 5.30. The first-order valence-corrected chi connectivity index (χ1v) is 5.44. The predicted molar refractivity (Wildman–Crippen MR) is 64.5 cm³/mol. The Morgan fingerprint density at radius 3 is 2.53 bits per heavy atom. The maximum Gasteiger partial charge on any atom is 0.316 e. The zero-order valence-corrected chi connectivity index (χ0v) is 9.41. The Hall–Kier alpha value is -2.17. The Morgan fingerprint density at radius 1 is 1.12 bits per heavy atom. The molecule has 5 heteroatoms. The van der Waals surface area contributed by atoms with Gasteiger partial charge in [0.15, 0.2) is 0 Å². The zero-order chi connectivity index (χ0) is 11.9. The normalized spacial score (nSPS) is 10.1. The van der Waals surface area contributed by atoms with Gasteiger partial charge in [0.25, 0.3) is 0 Å². The fraction of sp³-hybridized carbons (Fsp3) is 0.250. The van der Waals surface area contributed by atoms with Crippen molar-refractivity contribution in [2.24, 2.45) is 0 Å². The number of hydrogen-bond acceptors (Lipinski definition) is 5. The van der Waals surface area contributed by atoms with Gasteiger partial charge in [-0.25, -0.2) is 9.97 Å². The maximum atomic E-state index is 5.47. The van der Waals surface area contributed by atoms with Crippen LogP contribution in [0.25, 0.3) is 0 Å². The van der Waals surface area contributed by atoms with E-state index in [0.29, 0.717) is 18.3 Å². The Kier molecular flexibility index (Phi) is 3.85. The van der Waals surface area contributed by atoms with Crippen LogP contribution < -0.4 is 10.5 Å². The second-order valence-electron chi connectivity index (χ2n) is 3.61. The van der Waals surface area contributed by atoms with Crippen LogP contribution in [0.5, 0.6) is 6.01 Å². The maximum absolute atomic E-state index is 5.47. The van der Waals surface area contributed by atoms with Crippen molar-refractivity contribution in [3.63, 3.8) is 0 Å². The summed E-state index contributed by atoms with van der Waals surface area (Å²) in [4.78, 5) is 11.9. The van der Waals surface area contributed by atoms with Gasteiger partial charge in [0.05, 0.1) is 24.7 Å². The summed E-state index contributed by atoms with van der Waals surface area (Å²) in [6.45, 7) is 0.590. The Balaban J connectivity index is 1.71. The van der Waals surface area contributed by atoms with Crippen LogP contribution in [0, 0.1) is 0 Å². The van der Waals surface area contributed by atoms with Crippen LogP contribution in [-0.2, 0) is 6.42 Å². The topological polar surface area (TPSA) is 73.9 Å². The molecule has 2 N–H and O–H groups in total. The minimum Gasteiger partial charge on any atom is -0.463 e. The molecule has 0 aliphatic heterocycles. The predicted octanol–water partition coefficient (Wildman–Crippen LogP) is 1.47. The molecule has 0 unspecified atom stereocenters. The number of pyridine rings is 1. The van der Waals surface area contributed by atoms with Gasteiger partial charge >= 0.3 is 6.01 Å². The van der Waals surface area contributed by atoms with E-state index in [9.17, 15) is 0 Å². The number of nitrogens with zero attached hydrogens (tertiary/aromatic N) is 3. The lowest BCUT2D eigenvalue weighted by atomic mass is 10.1. The number of aromatic nitrogens is 3. The van der Waals surface area contributed by atoms with E-state index in [2.05, 4.69) is 15.0 Å². The van der Waals surface area contributed by atoms with Gasteiger partial charge in [0.1, 0.15) is 0 Å². The Labute approximate surface area is 99.7 Å². The summed E-state index contributed by atoms with van der Waals surface area (Å²) >= 11 is 0. The molecule has 0 saturated heterocycles. The average molecular weight is 230 g/mol. The average Bonchev–Trinajstić information content (AvgIpc) is 2.38. The van der Waals surface area contributed by atoms with Gasteiger partial charge < -0.3 is 10.5 Å². The van der Waals surface area contributed by atoms with E-state index in [-0.39, 0.29) is 0 Å². The van der Waals surface area contributed by atoms with E-state index < -0.39 is 0 Å². The molecule has 0 bridgehead atoms. The van der Waals surface area contributed by atoms with Gasteiger partial charge in [-0.2, -0.15) is 0 Å². The molecule has 0 atom stereocenters. The Morgan fingerprint density at radius 2 is 1.82 bits per heavy atom. The Bertz CT molecular complexity index is 444. The van der Waals surface area contributed by atoms with Crippen molar-refractivity contribution in [1.82, 2.24) is 15.0 Å². The molecule has 0 aliphatic carbocycles. The minimum atomic E-state index is 0.369. The third kappa shape index (κ3) is 3.71. The summed E-state index contributed by atoms with van der Waals surface area (Å²) in [5.41, 5.74) is 7.26. The summed E-state index contributed by atoms with van der Waals surface area (Å²) < 4.78 is 5.39. The van der Waals surface area contributed by atoms with Crippen LogP contribution in [0.1, 0.15) is 12.0 Å². The van der Waals surface area contributed by atoms with Crippen molar-refractivity contribution in [1.29, 1.82) is 0 Å². The van der Waals surface area contributed by atoms with Gasteiger partial charge in [-0.05, 0) is 30.5 Å². The molecule has 17 heavy (non-hydrogen) atoms. The summed E-state index contributed by atoms with van der Waals surface area (Å²) in [6, 6.07) is 4.37. The largest absolute Gasteiger partial charge is 0.463 e. The lowest BCUT2D eigenvalue weighted by Gasteiger charge is -2.04. The summed E-state index contributed by atoms with van der Waals surface area (Å²) in [5, 5.41) is 0. The molecule has 0 radical (unpaired) electrons. The molecule has 2 aromatic rings. The molecule has 0 aromatic carbocycles. The second-order valence-corrected chi connectivity index (χ2v) is 3.61. The van der Waals surface area contributed by atoms with Crippen molar-refractivity contribution in [3.8, 4) is 6.01 Å². The van der Waals surface area contributed by atoms with Crippen molar-refractivity contribution in [2.75, 3.05) is 12.3 Å². The van der Waals surface area contributed by atoms with E-state index in [0.717, 1.165) is 12.8 Å². The van der Waals surface area contributed by atoms with E-state index in [4.69, 9.17) is 10.5 Å². The molecular formula is C12H14N4O. The van der Waals surface area contributed by atoms with Crippen LogP contribution in [0.15, 0.2) is 36.9 Å². The fourth-order valence-electron chi connectivity index (χ4n) is 1.39. The van der Waals surface area contributed by atoms with Gasteiger partial charge in [-0.1, -0.05) is 0 Å². The van der Waals surface area contributed by atoms with E-state index in [1.165, 1.54) is 18.0 Å².